The number of nitrogens with zero attached hydrogens (tertiary/aromatic N) is 3. The number of hydrogen-bond donors (Lipinski definition) is 1. The van der Waals surface area contributed by atoms with Crippen molar-refractivity contribution in [2.75, 3.05) is 19.6 Å². The quantitative estimate of drug-likeness (QED) is 0.298. The number of halogens is 4. The Hall–Kier alpha value is -1.17. The summed E-state index contributed by atoms with van der Waals surface area (Å²) in [5.74, 6) is 0. The molecule has 0 spiro atoms. The molecule has 4 nitrogen and oxygen atoms in total. The van der Waals surface area contributed by atoms with Gasteiger partial charge in [-0.05, 0) is 75.8 Å². The first-order chi connectivity index (χ1) is 13.4. The molecule has 1 atom stereocenters. The summed E-state index contributed by atoms with van der Waals surface area (Å²) < 4.78 is 1.15. The fourth-order valence-corrected chi connectivity index (χ4v) is 3.94. The van der Waals surface area contributed by atoms with Crippen molar-refractivity contribution >= 4 is 69.8 Å². The molecule has 166 valence electrons. The fraction of sp³-hybridized carbons (Fsp3) is 0.409. The number of aromatic nitrogens is 1. The molecule has 30 heavy (non-hydrogen) atoms. The zero-order valence-electron chi connectivity index (χ0n) is 17.4. The summed E-state index contributed by atoms with van der Waals surface area (Å²) in [6.45, 7) is 9.78. The van der Waals surface area contributed by atoms with Crippen molar-refractivity contribution in [3.63, 3.8) is 0 Å². The van der Waals surface area contributed by atoms with Crippen molar-refractivity contribution < 1.29 is 5.21 Å². The summed E-state index contributed by atoms with van der Waals surface area (Å²) >= 11 is 12.3. The van der Waals surface area contributed by atoms with Crippen molar-refractivity contribution in [2.45, 2.75) is 39.7 Å². The van der Waals surface area contributed by atoms with Crippen LogP contribution >= 0.6 is 48.0 Å². The van der Waals surface area contributed by atoms with Gasteiger partial charge < -0.3 is 10.1 Å². The maximum atomic E-state index is 10.7. The van der Waals surface area contributed by atoms with Gasteiger partial charge in [0.2, 0.25) is 0 Å². The maximum absolute atomic E-state index is 10.7. The third kappa shape index (κ3) is 5.95. The highest BCUT2D eigenvalue weighted by molar-refractivity contribution is 6.31. The molecule has 0 fully saturated rings. The molecule has 2 aromatic carbocycles. The van der Waals surface area contributed by atoms with E-state index in [0.717, 1.165) is 53.3 Å². The van der Waals surface area contributed by atoms with Gasteiger partial charge in [-0.25, -0.2) is 0 Å². The summed E-state index contributed by atoms with van der Waals surface area (Å²) in [5, 5.41) is 14.5. The van der Waals surface area contributed by atoms with Gasteiger partial charge in [0.1, 0.15) is 0 Å². The molecule has 0 saturated heterocycles. The van der Waals surface area contributed by atoms with Crippen LogP contribution in [0.1, 0.15) is 33.6 Å². The zero-order chi connectivity index (χ0) is 20.3. The third-order valence-electron chi connectivity index (χ3n) is 5.23. The van der Waals surface area contributed by atoms with Gasteiger partial charge in [0.25, 0.3) is 0 Å². The molecule has 0 bridgehead atoms. The summed E-state index contributed by atoms with van der Waals surface area (Å²) in [6.07, 6.45) is 2.11. The van der Waals surface area contributed by atoms with Gasteiger partial charge in [0.05, 0.1) is 16.4 Å². The van der Waals surface area contributed by atoms with Crippen LogP contribution in [-0.2, 0) is 0 Å². The highest BCUT2D eigenvalue weighted by Gasteiger charge is 2.11. The lowest BCUT2D eigenvalue weighted by atomic mass is 10.1. The minimum Gasteiger partial charge on any atom is -0.428 e. The summed E-state index contributed by atoms with van der Waals surface area (Å²) in [4.78, 5) is 7.46. The Labute approximate surface area is 200 Å². The number of rotatable bonds is 7. The lowest BCUT2D eigenvalue weighted by Crippen LogP contribution is -2.24. The second kappa shape index (κ2) is 12.0. The van der Waals surface area contributed by atoms with Gasteiger partial charge in [-0.15, -0.1) is 24.8 Å². The van der Waals surface area contributed by atoms with Crippen molar-refractivity contribution in [3.05, 3.63) is 51.8 Å². The first-order valence-electron chi connectivity index (χ1n) is 9.83. The average Bonchev–Trinajstić information content (AvgIpc) is 2.68. The van der Waals surface area contributed by atoms with Crippen molar-refractivity contribution in [2.24, 2.45) is 4.99 Å². The minimum absolute atomic E-state index is 0. The molecule has 3 rings (SSSR count). The van der Waals surface area contributed by atoms with Crippen LogP contribution in [0.5, 0.6) is 0 Å². The lowest BCUT2D eigenvalue weighted by molar-refractivity contribution is 0.211. The predicted molar refractivity (Wildman–Crippen MR) is 133 cm³/mol. The van der Waals surface area contributed by atoms with E-state index in [1.165, 1.54) is 0 Å². The molecule has 8 heteroatoms. The van der Waals surface area contributed by atoms with E-state index in [9.17, 15) is 5.21 Å². The van der Waals surface area contributed by atoms with Gasteiger partial charge in [-0.1, -0.05) is 37.0 Å². The molecular weight excluding hydrogens is 464 g/mol. The van der Waals surface area contributed by atoms with E-state index in [4.69, 9.17) is 28.2 Å². The smallest absolute Gasteiger partial charge is 0.0908 e. The Morgan fingerprint density at radius 1 is 0.967 bits per heavy atom. The highest BCUT2D eigenvalue weighted by atomic mass is 35.5. The summed E-state index contributed by atoms with van der Waals surface area (Å²) in [6, 6.07) is 11.2. The molecule has 3 aromatic rings. The molecule has 1 aromatic heterocycles. The van der Waals surface area contributed by atoms with Crippen molar-refractivity contribution in [3.8, 4) is 0 Å². The van der Waals surface area contributed by atoms with E-state index in [0.29, 0.717) is 21.1 Å². The first-order valence-corrected chi connectivity index (χ1v) is 10.6. The lowest BCUT2D eigenvalue weighted by Gasteiger charge is -2.18. The fourth-order valence-electron chi connectivity index (χ4n) is 3.61. The van der Waals surface area contributed by atoms with Gasteiger partial charge >= 0.3 is 0 Å². The number of hydrogen-bond acceptors (Lipinski definition) is 3. The van der Waals surface area contributed by atoms with Crippen LogP contribution in [-0.4, -0.2) is 40.5 Å². The van der Waals surface area contributed by atoms with Crippen LogP contribution in [0.4, 0.5) is 0 Å². The largest absolute Gasteiger partial charge is 0.428 e. The molecular formula is C22H29Cl4N3O. The van der Waals surface area contributed by atoms with Crippen LogP contribution in [0.15, 0.2) is 41.4 Å². The Bertz CT molecular complexity index is 982. The van der Waals surface area contributed by atoms with E-state index >= 15 is 0 Å². The Kier molecular flexibility index (Phi) is 10.8. The maximum Gasteiger partial charge on any atom is 0.0908 e. The summed E-state index contributed by atoms with van der Waals surface area (Å²) in [5.41, 5.74) is 1.24. The topological polar surface area (TPSA) is 40.8 Å². The molecule has 0 amide bonds. The second-order valence-electron chi connectivity index (χ2n) is 7.13. The van der Waals surface area contributed by atoms with Crippen molar-refractivity contribution in [1.82, 2.24) is 9.63 Å². The van der Waals surface area contributed by atoms with Crippen LogP contribution in [0, 0.1) is 0 Å². The molecule has 0 aliphatic heterocycles. The minimum atomic E-state index is 0. The normalized spacial score (nSPS) is 11.9. The molecule has 0 radical (unpaired) electrons. The van der Waals surface area contributed by atoms with Crippen LogP contribution < -0.4 is 5.36 Å². The van der Waals surface area contributed by atoms with E-state index < -0.39 is 0 Å². The zero-order valence-corrected chi connectivity index (χ0v) is 20.6. The monoisotopic (exact) mass is 491 g/mol. The molecule has 1 N–H and O–H groups in total. The third-order valence-corrected chi connectivity index (χ3v) is 5.70. The highest BCUT2D eigenvalue weighted by Crippen LogP contribution is 2.23. The van der Waals surface area contributed by atoms with Crippen LogP contribution in [0.25, 0.3) is 21.8 Å². The van der Waals surface area contributed by atoms with Gasteiger partial charge in [-0.3, -0.25) is 4.99 Å². The van der Waals surface area contributed by atoms with Crippen molar-refractivity contribution in [1.29, 1.82) is 0 Å². The molecule has 0 aliphatic carbocycles. The van der Waals surface area contributed by atoms with E-state index in [1.54, 1.807) is 12.1 Å². The van der Waals surface area contributed by atoms with E-state index in [1.807, 2.05) is 24.3 Å². The van der Waals surface area contributed by atoms with Gasteiger partial charge in [0, 0.05) is 26.9 Å². The van der Waals surface area contributed by atoms with Crippen LogP contribution in [0.2, 0.25) is 10.0 Å². The second-order valence-corrected chi connectivity index (χ2v) is 8.00. The standard InChI is InChI=1S/C22H27Cl2N3O.2ClH/c1-4-26(5-2)12-6-7-15(3)25-22-18-10-8-16(23)13-20(18)27(28)21-14-17(24)9-11-19(21)22;;/h8-11,13-15,28H,4-7,12H2,1-3H3;2*1H. The van der Waals surface area contributed by atoms with Gasteiger partial charge in [0.15, 0.2) is 0 Å². The SMILES string of the molecule is CCN(CC)CCCC(C)N=c1c2ccc(Cl)cc2n(O)c2cc(Cl)ccc12.Cl.Cl. The number of fused-ring (bicyclic) bond motifs is 2. The predicted octanol–water partition coefficient (Wildman–Crippen LogP) is 6.59. The average molecular weight is 493 g/mol. The number of benzene rings is 2. The van der Waals surface area contributed by atoms with Gasteiger partial charge in [-0.2, -0.15) is 4.73 Å². The summed E-state index contributed by atoms with van der Waals surface area (Å²) in [7, 11) is 0. The molecule has 0 aliphatic rings. The van der Waals surface area contributed by atoms with E-state index in [-0.39, 0.29) is 30.9 Å². The Balaban J connectivity index is 0.00000225. The number of pyridine rings is 1. The molecule has 1 heterocycles. The Morgan fingerprint density at radius 3 is 1.93 bits per heavy atom. The molecule has 1 unspecified atom stereocenters. The van der Waals surface area contributed by atoms with E-state index in [2.05, 4.69) is 25.7 Å². The first kappa shape index (κ1) is 26.9. The Morgan fingerprint density at radius 2 is 1.47 bits per heavy atom. The molecule has 0 saturated carbocycles. The van der Waals surface area contributed by atoms with Crippen LogP contribution in [0.3, 0.4) is 0 Å².